The van der Waals surface area contributed by atoms with Crippen LogP contribution in [-0.4, -0.2) is 33.0 Å². The summed E-state index contributed by atoms with van der Waals surface area (Å²) in [4.78, 5) is 31.2. The average Bonchev–Trinajstić information content (AvgIpc) is 3.19. The molecule has 11 heteroatoms. The maximum Gasteiger partial charge on any atom is 0.416 e. The zero-order chi connectivity index (χ0) is 23.9. The number of aromatic nitrogens is 3. The van der Waals surface area contributed by atoms with Crippen LogP contribution in [0.3, 0.4) is 0 Å². The smallest absolute Gasteiger partial charge is 0.383 e. The highest BCUT2D eigenvalue weighted by Crippen LogP contribution is 2.36. The second-order valence-corrected chi connectivity index (χ2v) is 7.74. The molecule has 3 heterocycles. The zero-order valence-corrected chi connectivity index (χ0v) is 17.4. The number of Topliss-reactive ketones (excluding diaryl/α,β-unsaturated/α-hetero) is 1. The number of hydrogen-bond acceptors (Lipinski definition) is 5. The highest BCUT2D eigenvalue weighted by atomic mass is 19.4. The fourth-order valence-electron chi connectivity index (χ4n) is 3.93. The number of nitrogens with two attached hydrogens (primary N) is 1. The Hall–Kier alpha value is -3.76. The molecule has 0 saturated carbocycles. The first-order valence-electron chi connectivity index (χ1n) is 9.99. The molecule has 172 valence electrons. The first-order valence-corrected chi connectivity index (χ1v) is 9.99. The minimum Gasteiger partial charge on any atom is -0.383 e. The number of rotatable bonds is 5. The van der Waals surface area contributed by atoms with E-state index in [0.717, 1.165) is 18.2 Å². The number of pyridine rings is 1. The Kier molecular flexibility index (Phi) is 5.64. The number of halogens is 4. The van der Waals surface area contributed by atoms with Crippen LogP contribution in [0.1, 0.15) is 50.5 Å². The molecule has 0 radical (unpaired) electrons. The van der Waals surface area contributed by atoms with Crippen molar-refractivity contribution in [3.05, 3.63) is 70.7 Å². The normalized spacial score (nSPS) is 16.1. The molecular weight excluding hydrogens is 441 g/mol. The molecule has 1 amide bonds. The van der Waals surface area contributed by atoms with Gasteiger partial charge in [0.25, 0.3) is 5.91 Å². The summed E-state index contributed by atoms with van der Waals surface area (Å²) in [6.07, 6.45) is -2.01. The molecule has 0 unspecified atom stereocenters. The molecule has 0 aliphatic carbocycles. The van der Waals surface area contributed by atoms with Crippen LogP contribution in [0, 0.1) is 0 Å². The Bertz CT molecular complexity index is 1240. The van der Waals surface area contributed by atoms with E-state index >= 15 is 0 Å². The molecule has 0 saturated heterocycles. The van der Waals surface area contributed by atoms with Gasteiger partial charge in [-0.1, -0.05) is 0 Å². The van der Waals surface area contributed by atoms with Crippen molar-refractivity contribution in [2.75, 3.05) is 17.2 Å². The van der Waals surface area contributed by atoms with E-state index < -0.39 is 29.9 Å². The summed E-state index contributed by atoms with van der Waals surface area (Å²) in [6.45, 7) is 0.568. The maximum atomic E-state index is 13.4. The molecule has 1 aromatic carbocycles. The lowest BCUT2D eigenvalue weighted by atomic mass is 10.0. The highest BCUT2D eigenvalue weighted by molar-refractivity contribution is 6.08. The van der Waals surface area contributed by atoms with Crippen LogP contribution in [0.5, 0.6) is 0 Å². The number of carbonyl (C=O) groups is 2. The Balaban J connectivity index is 1.68. The Morgan fingerprint density at radius 2 is 2.00 bits per heavy atom. The maximum absolute atomic E-state index is 13.4. The van der Waals surface area contributed by atoms with E-state index in [4.69, 9.17) is 5.73 Å². The second kappa shape index (κ2) is 8.30. The van der Waals surface area contributed by atoms with Crippen molar-refractivity contribution < 1.29 is 27.2 Å². The topological polar surface area (TPSA) is 94.1 Å². The van der Waals surface area contributed by atoms with Gasteiger partial charge in [-0.05, 0) is 42.8 Å². The van der Waals surface area contributed by atoms with Gasteiger partial charge >= 0.3 is 6.18 Å². The summed E-state index contributed by atoms with van der Waals surface area (Å²) in [5.74, 6) is -0.839. The molecule has 1 aliphatic rings. The van der Waals surface area contributed by atoms with E-state index in [2.05, 4.69) is 10.1 Å². The molecule has 4 rings (SSSR count). The summed E-state index contributed by atoms with van der Waals surface area (Å²) in [5, 5.41) is 4.23. The van der Waals surface area contributed by atoms with E-state index in [-0.39, 0.29) is 47.6 Å². The van der Waals surface area contributed by atoms with Gasteiger partial charge in [0.1, 0.15) is 18.2 Å². The van der Waals surface area contributed by atoms with Crippen molar-refractivity contribution in [3.63, 3.8) is 0 Å². The molecule has 2 N–H and O–H groups in total. The van der Waals surface area contributed by atoms with Crippen LogP contribution in [0.4, 0.5) is 29.1 Å². The lowest BCUT2D eigenvalue weighted by molar-refractivity contribution is -0.138. The average molecular weight is 460 g/mol. The molecule has 1 atom stereocenters. The second-order valence-electron chi connectivity index (χ2n) is 7.74. The monoisotopic (exact) mass is 460 g/mol. The minimum absolute atomic E-state index is 0.0633. The summed E-state index contributed by atoms with van der Waals surface area (Å²) >= 11 is 0. The third kappa shape index (κ3) is 4.06. The highest BCUT2D eigenvalue weighted by Gasteiger charge is 2.36. The van der Waals surface area contributed by atoms with Gasteiger partial charge in [-0.2, -0.15) is 18.3 Å². The summed E-state index contributed by atoms with van der Waals surface area (Å²) in [7, 11) is 0. The number of ketones is 1. The molecule has 7 nitrogen and oxygen atoms in total. The Morgan fingerprint density at radius 1 is 1.24 bits per heavy atom. The van der Waals surface area contributed by atoms with Crippen molar-refractivity contribution in [2.24, 2.45) is 0 Å². The van der Waals surface area contributed by atoms with Gasteiger partial charge in [-0.15, -0.1) is 0 Å². The molecule has 0 fully saturated rings. The van der Waals surface area contributed by atoms with Crippen molar-refractivity contribution >= 4 is 23.2 Å². The van der Waals surface area contributed by atoms with Gasteiger partial charge in [-0.25, -0.2) is 9.37 Å². The third-order valence-electron chi connectivity index (χ3n) is 5.52. The predicted octanol–water partition coefficient (Wildman–Crippen LogP) is 4.00. The predicted molar refractivity (Wildman–Crippen MR) is 112 cm³/mol. The Labute approximate surface area is 185 Å². The summed E-state index contributed by atoms with van der Waals surface area (Å²) < 4.78 is 54.3. The van der Waals surface area contributed by atoms with E-state index in [9.17, 15) is 27.2 Å². The lowest BCUT2D eigenvalue weighted by Gasteiger charge is -2.33. The standard InChI is InChI=1S/C22H19F4N5O2/c1-12-11-30(15-4-5-17(22(24,25)26)13(7-15)9-23)21(33)19-14(10-29-31(12)19)8-18(32)16-3-2-6-28-20(16)27/h2-7,10,12H,8-9,11H2,1H3,(H2,27,28)/t12-/m0/s1/i23-1. The first-order chi connectivity index (χ1) is 15.6. The van der Waals surface area contributed by atoms with Gasteiger partial charge < -0.3 is 10.6 Å². The van der Waals surface area contributed by atoms with Crippen LogP contribution in [0.25, 0.3) is 0 Å². The van der Waals surface area contributed by atoms with E-state index in [1.54, 1.807) is 13.0 Å². The molecule has 33 heavy (non-hydrogen) atoms. The molecular formula is C22H19F4N5O2. The molecule has 3 aromatic rings. The van der Waals surface area contributed by atoms with Crippen LogP contribution < -0.4 is 10.6 Å². The number of nitrogens with zero attached hydrogens (tertiary/aromatic N) is 4. The van der Waals surface area contributed by atoms with Crippen molar-refractivity contribution in [3.8, 4) is 0 Å². The number of anilines is 2. The van der Waals surface area contributed by atoms with E-state index in [1.807, 2.05) is 0 Å². The van der Waals surface area contributed by atoms with Gasteiger partial charge in [0.2, 0.25) is 0 Å². The van der Waals surface area contributed by atoms with Crippen molar-refractivity contribution in [1.29, 1.82) is 0 Å². The summed E-state index contributed by atoms with van der Waals surface area (Å²) in [5.41, 5.74) is 4.96. The molecule has 0 bridgehead atoms. The van der Waals surface area contributed by atoms with Gasteiger partial charge in [0.05, 0.1) is 23.4 Å². The number of carbonyl (C=O) groups excluding carboxylic acids is 2. The first kappa shape index (κ1) is 22.4. The van der Waals surface area contributed by atoms with Crippen LogP contribution in [0.15, 0.2) is 42.7 Å². The number of fused-ring (bicyclic) bond motifs is 1. The van der Waals surface area contributed by atoms with Crippen molar-refractivity contribution in [1.82, 2.24) is 14.8 Å². The quantitative estimate of drug-likeness (QED) is 0.459. The zero-order valence-electron chi connectivity index (χ0n) is 17.4. The molecule has 2 aromatic heterocycles. The van der Waals surface area contributed by atoms with Crippen LogP contribution >= 0.6 is 0 Å². The third-order valence-corrected chi connectivity index (χ3v) is 5.52. The van der Waals surface area contributed by atoms with Crippen LogP contribution in [0.2, 0.25) is 0 Å². The number of benzene rings is 1. The number of hydrogen-bond donors (Lipinski definition) is 1. The van der Waals surface area contributed by atoms with Gasteiger partial charge in [-0.3, -0.25) is 14.3 Å². The van der Waals surface area contributed by atoms with Gasteiger partial charge in [0, 0.05) is 30.4 Å². The van der Waals surface area contributed by atoms with E-state index in [1.165, 1.54) is 28.0 Å². The fraction of sp³-hybridized carbons (Fsp3) is 0.273. The number of amides is 1. The van der Waals surface area contributed by atoms with Crippen LogP contribution in [-0.2, 0) is 19.3 Å². The minimum atomic E-state index is -4.71. The summed E-state index contributed by atoms with van der Waals surface area (Å²) in [6, 6.07) is 5.70. The SMILES string of the molecule is C[C@H]1CN(c2ccc(C(F)(F)F)c(C[18F])c2)C(=O)c2c(CC(=O)c3cccnc3N)cnn21. The van der Waals surface area contributed by atoms with Crippen molar-refractivity contribution in [2.45, 2.75) is 32.2 Å². The molecule has 1 aliphatic heterocycles. The van der Waals surface area contributed by atoms with E-state index in [0.29, 0.717) is 5.56 Å². The van der Waals surface area contributed by atoms with Gasteiger partial charge in [0.15, 0.2) is 5.78 Å². The fourth-order valence-corrected chi connectivity index (χ4v) is 3.93. The number of nitrogen functional groups attached to an aromatic ring is 1. The lowest BCUT2D eigenvalue weighted by Crippen LogP contribution is -2.43. The largest absolute Gasteiger partial charge is 0.416 e. The number of alkyl halides is 4. The molecule has 0 spiro atoms. The Morgan fingerprint density at radius 3 is 2.67 bits per heavy atom.